The van der Waals surface area contributed by atoms with Crippen molar-refractivity contribution in [3.63, 3.8) is 0 Å². The van der Waals surface area contributed by atoms with E-state index in [9.17, 15) is 4.79 Å². The lowest BCUT2D eigenvalue weighted by molar-refractivity contribution is 0.00464. The Hall–Kier alpha value is -1.81. The first-order valence-corrected chi connectivity index (χ1v) is 8.75. The van der Waals surface area contributed by atoms with E-state index in [0.29, 0.717) is 12.0 Å². The Labute approximate surface area is 136 Å². The normalized spacial score (nSPS) is 29.6. The fourth-order valence-electron chi connectivity index (χ4n) is 5.05. The molecule has 3 fully saturated rings. The molecule has 0 N–H and O–H groups in total. The number of hydrogen-bond donors (Lipinski definition) is 0. The minimum Gasteiger partial charge on any atom is -0.318 e. The van der Waals surface area contributed by atoms with Gasteiger partial charge in [0, 0.05) is 18.0 Å². The highest BCUT2D eigenvalue weighted by atomic mass is 16.2. The molecule has 0 spiro atoms. The zero-order valence-electron chi connectivity index (χ0n) is 13.9. The molecular formula is C19H23N3O. The lowest BCUT2D eigenvalue weighted by atomic mass is 9.83. The number of carbonyl (C=O) groups excluding carboxylic acids is 1. The molecule has 4 nitrogen and oxygen atoms in total. The molecular weight excluding hydrogens is 286 g/mol. The van der Waals surface area contributed by atoms with Crippen molar-refractivity contribution >= 4 is 16.8 Å². The molecule has 1 atom stereocenters. The Kier molecular flexibility index (Phi) is 2.72. The van der Waals surface area contributed by atoms with Crippen molar-refractivity contribution in [2.24, 2.45) is 5.92 Å². The van der Waals surface area contributed by atoms with Crippen LogP contribution in [0.25, 0.3) is 10.9 Å². The van der Waals surface area contributed by atoms with E-state index in [1.807, 2.05) is 0 Å². The molecule has 0 radical (unpaired) electrons. The zero-order chi connectivity index (χ0) is 15.7. The van der Waals surface area contributed by atoms with Gasteiger partial charge in [0.05, 0.1) is 12.2 Å². The van der Waals surface area contributed by atoms with Gasteiger partial charge in [0.15, 0.2) is 0 Å². The molecule has 0 aliphatic carbocycles. The number of aryl methyl sites for hydroxylation is 2. The lowest BCUT2D eigenvalue weighted by Crippen LogP contribution is -2.57. The van der Waals surface area contributed by atoms with Crippen LogP contribution in [0.15, 0.2) is 18.2 Å². The van der Waals surface area contributed by atoms with Crippen LogP contribution in [-0.2, 0) is 6.67 Å². The van der Waals surface area contributed by atoms with E-state index in [1.165, 1.54) is 48.0 Å². The molecule has 0 saturated carbocycles. The Bertz CT molecular complexity index is 814. The third kappa shape index (κ3) is 1.84. The molecule has 3 saturated heterocycles. The van der Waals surface area contributed by atoms with Gasteiger partial charge >= 0.3 is 0 Å². The number of amides is 1. The van der Waals surface area contributed by atoms with E-state index < -0.39 is 0 Å². The van der Waals surface area contributed by atoms with E-state index in [0.717, 1.165) is 18.9 Å². The summed E-state index contributed by atoms with van der Waals surface area (Å²) in [7, 11) is 0. The van der Waals surface area contributed by atoms with Crippen molar-refractivity contribution in [3.05, 3.63) is 35.0 Å². The maximum atomic E-state index is 13.0. The molecule has 6 rings (SSSR count). The van der Waals surface area contributed by atoms with Gasteiger partial charge in [-0.15, -0.1) is 0 Å². The first kappa shape index (κ1) is 13.6. The monoisotopic (exact) mass is 309 g/mol. The van der Waals surface area contributed by atoms with Gasteiger partial charge in [0.25, 0.3) is 5.91 Å². The van der Waals surface area contributed by atoms with Crippen LogP contribution in [0.5, 0.6) is 0 Å². The number of hydrogen-bond acceptors (Lipinski definition) is 2. The van der Waals surface area contributed by atoms with Crippen molar-refractivity contribution < 1.29 is 4.79 Å². The van der Waals surface area contributed by atoms with Crippen LogP contribution in [0.2, 0.25) is 0 Å². The summed E-state index contributed by atoms with van der Waals surface area (Å²) in [5, 5.41) is 1.21. The number of benzene rings is 1. The number of carbonyl (C=O) groups is 1. The third-order valence-electron chi connectivity index (χ3n) is 6.12. The molecule has 1 amide bonds. The van der Waals surface area contributed by atoms with Gasteiger partial charge in [-0.3, -0.25) is 4.79 Å². The topological polar surface area (TPSA) is 28.5 Å². The second kappa shape index (κ2) is 4.60. The fraction of sp³-hybridized carbons (Fsp3) is 0.526. The summed E-state index contributed by atoms with van der Waals surface area (Å²) < 4.78 is 2.24. The van der Waals surface area contributed by atoms with Crippen molar-refractivity contribution in [2.45, 2.75) is 39.4 Å². The number of nitrogens with zero attached hydrogens (tertiary/aromatic N) is 3. The number of rotatable bonds is 1. The molecule has 2 bridgehead atoms. The maximum absolute atomic E-state index is 13.0. The quantitative estimate of drug-likeness (QED) is 0.810. The highest BCUT2D eigenvalue weighted by molar-refractivity contribution is 6.01. The highest BCUT2D eigenvalue weighted by Crippen LogP contribution is 2.36. The van der Waals surface area contributed by atoms with Crippen molar-refractivity contribution in [1.82, 2.24) is 14.4 Å². The average Bonchev–Trinajstić information content (AvgIpc) is 3.05. The van der Waals surface area contributed by atoms with Gasteiger partial charge < -0.3 is 14.4 Å². The highest BCUT2D eigenvalue weighted by Gasteiger charge is 2.42. The van der Waals surface area contributed by atoms with Crippen LogP contribution in [0.1, 0.15) is 34.5 Å². The SMILES string of the molecule is Cc1cc(C)c2c(c1)cc1n2CN(C2CN3CCC2CC3)C1=O. The molecule has 4 aliphatic rings. The fourth-order valence-corrected chi connectivity index (χ4v) is 5.05. The van der Waals surface area contributed by atoms with E-state index in [2.05, 4.69) is 46.4 Å². The minimum absolute atomic E-state index is 0.233. The number of aromatic nitrogens is 1. The Balaban J connectivity index is 1.55. The first-order valence-electron chi connectivity index (χ1n) is 8.75. The second-order valence-corrected chi connectivity index (χ2v) is 7.60. The van der Waals surface area contributed by atoms with Gasteiger partial charge in [-0.1, -0.05) is 11.6 Å². The number of piperidine rings is 3. The van der Waals surface area contributed by atoms with Crippen LogP contribution < -0.4 is 0 Å². The van der Waals surface area contributed by atoms with Crippen LogP contribution in [0, 0.1) is 19.8 Å². The van der Waals surface area contributed by atoms with Crippen molar-refractivity contribution in [3.8, 4) is 0 Å². The molecule has 120 valence electrons. The standard InChI is InChI=1S/C19H23N3O/c1-12-7-13(2)18-15(8-12)9-16-19(23)22(11-21(16)18)17-10-20-5-3-14(17)4-6-20/h7-9,14,17H,3-6,10-11H2,1-2H3. The van der Waals surface area contributed by atoms with Crippen LogP contribution >= 0.6 is 0 Å². The zero-order valence-corrected chi connectivity index (χ0v) is 13.9. The summed E-state index contributed by atoms with van der Waals surface area (Å²) in [5.41, 5.74) is 4.66. The molecule has 2 aromatic rings. The van der Waals surface area contributed by atoms with Gasteiger partial charge in [-0.2, -0.15) is 0 Å². The average molecular weight is 309 g/mol. The van der Waals surface area contributed by atoms with E-state index in [1.54, 1.807) is 0 Å². The van der Waals surface area contributed by atoms with Gasteiger partial charge in [-0.05, 0) is 63.4 Å². The largest absolute Gasteiger partial charge is 0.318 e. The van der Waals surface area contributed by atoms with E-state index in [4.69, 9.17) is 0 Å². The van der Waals surface area contributed by atoms with Crippen molar-refractivity contribution in [1.29, 1.82) is 0 Å². The molecule has 5 heterocycles. The summed E-state index contributed by atoms with van der Waals surface area (Å²) in [6.07, 6.45) is 2.50. The summed E-state index contributed by atoms with van der Waals surface area (Å²) in [6.45, 7) is 8.52. The second-order valence-electron chi connectivity index (χ2n) is 7.60. The lowest BCUT2D eigenvalue weighted by Gasteiger charge is -2.47. The number of fused-ring (bicyclic) bond motifs is 6. The van der Waals surface area contributed by atoms with Crippen LogP contribution in [0.4, 0.5) is 0 Å². The Morgan fingerprint density at radius 1 is 1.09 bits per heavy atom. The maximum Gasteiger partial charge on any atom is 0.272 e. The Morgan fingerprint density at radius 3 is 2.57 bits per heavy atom. The smallest absolute Gasteiger partial charge is 0.272 e. The van der Waals surface area contributed by atoms with Gasteiger partial charge in [0.1, 0.15) is 5.69 Å². The molecule has 23 heavy (non-hydrogen) atoms. The third-order valence-corrected chi connectivity index (χ3v) is 6.12. The summed E-state index contributed by atoms with van der Waals surface area (Å²) in [5.74, 6) is 0.931. The van der Waals surface area contributed by atoms with Gasteiger partial charge in [0.2, 0.25) is 0 Å². The predicted molar refractivity (Wildman–Crippen MR) is 90.5 cm³/mol. The predicted octanol–water partition coefficient (Wildman–Crippen LogP) is 2.77. The van der Waals surface area contributed by atoms with Crippen LogP contribution in [0.3, 0.4) is 0 Å². The van der Waals surface area contributed by atoms with E-state index in [-0.39, 0.29) is 5.91 Å². The Morgan fingerprint density at radius 2 is 1.87 bits per heavy atom. The molecule has 4 heteroatoms. The molecule has 1 aromatic carbocycles. The molecule has 1 unspecified atom stereocenters. The summed E-state index contributed by atoms with van der Waals surface area (Å²) >= 11 is 0. The van der Waals surface area contributed by atoms with Crippen molar-refractivity contribution in [2.75, 3.05) is 19.6 Å². The first-order chi connectivity index (χ1) is 11.1. The molecule has 4 aliphatic heterocycles. The summed E-state index contributed by atoms with van der Waals surface area (Å²) in [6, 6.07) is 6.92. The van der Waals surface area contributed by atoms with Crippen LogP contribution in [-0.4, -0.2) is 46.0 Å². The molecule has 1 aromatic heterocycles. The summed E-state index contributed by atoms with van der Waals surface area (Å²) in [4.78, 5) is 17.7. The van der Waals surface area contributed by atoms with Gasteiger partial charge in [-0.25, -0.2) is 0 Å². The van der Waals surface area contributed by atoms with E-state index >= 15 is 0 Å². The minimum atomic E-state index is 0.233.